The first kappa shape index (κ1) is 14.8. The standard InChI is InChI=1S/C12H17BrN2O3/c1-8(6-17-2)15-12(16)7-18-11-5-9(14)3-4-10(11)13/h3-5,8H,6-7,14H2,1-2H3,(H,15,16). The van der Waals surface area contributed by atoms with Gasteiger partial charge in [0, 0.05) is 24.9 Å². The summed E-state index contributed by atoms with van der Waals surface area (Å²) in [6.45, 7) is 2.27. The maximum atomic E-state index is 11.6. The van der Waals surface area contributed by atoms with Crippen LogP contribution in [0.15, 0.2) is 22.7 Å². The van der Waals surface area contributed by atoms with Crippen molar-refractivity contribution in [1.29, 1.82) is 0 Å². The van der Waals surface area contributed by atoms with E-state index in [-0.39, 0.29) is 18.6 Å². The minimum atomic E-state index is -0.200. The molecule has 1 amide bonds. The van der Waals surface area contributed by atoms with Crippen molar-refractivity contribution in [2.45, 2.75) is 13.0 Å². The lowest BCUT2D eigenvalue weighted by molar-refractivity contribution is -0.124. The number of carbonyl (C=O) groups excluding carboxylic acids is 1. The highest BCUT2D eigenvalue weighted by molar-refractivity contribution is 9.10. The van der Waals surface area contributed by atoms with E-state index < -0.39 is 0 Å². The van der Waals surface area contributed by atoms with Gasteiger partial charge in [-0.25, -0.2) is 0 Å². The first-order chi connectivity index (χ1) is 8.52. The van der Waals surface area contributed by atoms with E-state index >= 15 is 0 Å². The van der Waals surface area contributed by atoms with Crippen LogP contribution in [-0.4, -0.2) is 32.3 Å². The first-order valence-electron chi connectivity index (χ1n) is 5.49. The summed E-state index contributed by atoms with van der Waals surface area (Å²) in [5, 5.41) is 2.75. The zero-order valence-corrected chi connectivity index (χ0v) is 12.0. The fourth-order valence-electron chi connectivity index (χ4n) is 1.38. The molecule has 0 aliphatic carbocycles. The largest absolute Gasteiger partial charge is 0.483 e. The summed E-state index contributed by atoms with van der Waals surface area (Å²) in [5.41, 5.74) is 6.22. The summed E-state index contributed by atoms with van der Waals surface area (Å²) in [6.07, 6.45) is 0. The fourth-order valence-corrected chi connectivity index (χ4v) is 1.74. The molecule has 5 nitrogen and oxygen atoms in total. The van der Waals surface area contributed by atoms with Crippen molar-refractivity contribution in [3.63, 3.8) is 0 Å². The molecule has 1 atom stereocenters. The van der Waals surface area contributed by atoms with Gasteiger partial charge in [0.05, 0.1) is 11.1 Å². The second-order valence-electron chi connectivity index (χ2n) is 3.90. The molecule has 1 aromatic carbocycles. The third-order valence-electron chi connectivity index (χ3n) is 2.14. The van der Waals surface area contributed by atoms with Gasteiger partial charge in [-0.15, -0.1) is 0 Å². The van der Waals surface area contributed by atoms with Gasteiger partial charge in [0.25, 0.3) is 5.91 Å². The van der Waals surface area contributed by atoms with E-state index in [4.69, 9.17) is 15.2 Å². The van der Waals surface area contributed by atoms with Crippen LogP contribution in [-0.2, 0) is 9.53 Å². The van der Waals surface area contributed by atoms with Crippen molar-refractivity contribution in [3.8, 4) is 5.75 Å². The second-order valence-corrected chi connectivity index (χ2v) is 4.76. The third-order valence-corrected chi connectivity index (χ3v) is 2.79. The van der Waals surface area contributed by atoms with Gasteiger partial charge in [0.1, 0.15) is 5.75 Å². The predicted octanol–water partition coefficient (Wildman–Crippen LogP) is 1.56. The topological polar surface area (TPSA) is 73.6 Å². The Kier molecular flexibility index (Phi) is 5.94. The molecule has 0 aliphatic rings. The predicted molar refractivity (Wildman–Crippen MR) is 73.5 cm³/mol. The average Bonchev–Trinajstić information content (AvgIpc) is 2.30. The zero-order valence-electron chi connectivity index (χ0n) is 10.4. The number of methoxy groups -OCH3 is 1. The Morgan fingerprint density at radius 1 is 1.56 bits per heavy atom. The van der Waals surface area contributed by atoms with E-state index in [0.717, 1.165) is 4.47 Å². The van der Waals surface area contributed by atoms with Crippen LogP contribution in [0.3, 0.4) is 0 Å². The van der Waals surface area contributed by atoms with Gasteiger partial charge in [-0.05, 0) is 35.0 Å². The second kappa shape index (κ2) is 7.23. The molecule has 0 aliphatic heterocycles. The van der Waals surface area contributed by atoms with Crippen LogP contribution in [0.2, 0.25) is 0 Å². The van der Waals surface area contributed by atoms with Crippen molar-refractivity contribution in [2.24, 2.45) is 0 Å². The Labute approximate surface area is 115 Å². The van der Waals surface area contributed by atoms with E-state index in [9.17, 15) is 4.79 Å². The van der Waals surface area contributed by atoms with Gasteiger partial charge in [-0.2, -0.15) is 0 Å². The molecule has 0 saturated carbocycles. The van der Waals surface area contributed by atoms with Crippen molar-refractivity contribution in [2.75, 3.05) is 26.1 Å². The Morgan fingerprint density at radius 3 is 2.94 bits per heavy atom. The number of hydrogen-bond donors (Lipinski definition) is 2. The van der Waals surface area contributed by atoms with Gasteiger partial charge < -0.3 is 20.5 Å². The number of rotatable bonds is 6. The molecule has 18 heavy (non-hydrogen) atoms. The first-order valence-corrected chi connectivity index (χ1v) is 6.28. The number of nitrogens with one attached hydrogen (secondary N) is 1. The van der Waals surface area contributed by atoms with Crippen LogP contribution >= 0.6 is 15.9 Å². The van der Waals surface area contributed by atoms with Crippen molar-refractivity contribution in [3.05, 3.63) is 22.7 Å². The number of ether oxygens (including phenoxy) is 2. The summed E-state index contributed by atoms with van der Waals surface area (Å²) in [4.78, 5) is 11.6. The molecule has 1 aromatic rings. The number of hydrogen-bond acceptors (Lipinski definition) is 4. The molecule has 100 valence electrons. The lowest BCUT2D eigenvalue weighted by Crippen LogP contribution is -2.38. The molecule has 1 unspecified atom stereocenters. The summed E-state index contributed by atoms with van der Waals surface area (Å²) in [5.74, 6) is 0.346. The molecule has 0 saturated heterocycles. The molecule has 0 radical (unpaired) electrons. The quantitative estimate of drug-likeness (QED) is 0.781. The highest BCUT2D eigenvalue weighted by Crippen LogP contribution is 2.26. The van der Waals surface area contributed by atoms with Gasteiger partial charge in [-0.3, -0.25) is 4.79 Å². The molecule has 1 rings (SSSR count). The number of nitrogens with two attached hydrogens (primary N) is 1. The number of amides is 1. The Hall–Kier alpha value is -1.27. The van der Waals surface area contributed by atoms with Crippen molar-refractivity contribution in [1.82, 2.24) is 5.32 Å². The summed E-state index contributed by atoms with van der Waals surface area (Å²) >= 11 is 3.32. The Morgan fingerprint density at radius 2 is 2.28 bits per heavy atom. The summed E-state index contributed by atoms with van der Waals surface area (Å²) < 4.78 is 11.1. The SMILES string of the molecule is COCC(C)NC(=O)COc1cc(N)ccc1Br. The molecule has 6 heteroatoms. The summed E-state index contributed by atoms with van der Waals surface area (Å²) in [6, 6.07) is 5.14. The average molecular weight is 317 g/mol. The van der Waals surface area contributed by atoms with Crippen LogP contribution in [0, 0.1) is 0 Å². The number of benzene rings is 1. The Balaban J connectivity index is 2.45. The summed E-state index contributed by atoms with van der Waals surface area (Å²) in [7, 11) is 1.59. The molecule has 3 N–H and O–H groups in total. The van der Waals surface area contributed by atoms with E-state index in [1.54, 1.807) is 25.3 Å². The molecule has 0 bridgehead atoms. The fraction of sp³-hybridized carbons (Fsp3) is 0.417. The lowest BCUT2D eigenvalue weighted by Gasteiger charge is -2.13. The number of nitrogen functional groups attached to an aromatic ring is 1. The minimum Gasteiger partial charge on any atom is -0.483 e. The molecule has 0 fully saturated rings. The molecular formula is C12H17BrN2O3. The normalized spacial score (nSPS) is 11.9. The van der Waals surface area contributed by atoms with Gasteiger partial charge in [-0.1, -0.05) is 0 Å². The van der Waals surface area contributed by atoms with Gasteiger partial charge in [0.2, 0.25) is 0 Å². The number of anilines is 1. The van der Waals surface area contributed by atoms with E-state index in [2.05, 4.69) is 21.2 Å². The van der Waals surface area contributed by atoms with E-state index in [1.165, 1.54) is 0 Å². The number of halogens is 1. The Bertz CT molecular complexity index is 412. The van der Waals surface area contributed by atoms with Crippen LogP contribution in [0.4, 0.5) is 5.69 Å². The van der Waals surface area contributed by atoms with Crippen LogP contribution in [0.1, 0.15) is 6.92 Å². The molecule has 0 spiro atoms. The highest BCUT2D eigenvalue weighted by Gasteiger charge is 2.09. The van der Waals surface area contributed by atoms with Crippen molar-refractivity contribution < 1.29 is 14.3 Å². The minimum absolute atomic E-state index is 0.0459. The highest BCUT2D eigenvalue weighted by atomic mass is 79.9. The smallest absolute Gasteiger partial charge is 0.258 e. The third kappa shape index (κ3) is 4.93. The monoisotopic (exact) mass is 316 g/mol. The lowest BCUT2D eigenvalue weighted by atomic mass is 10.3. The van der Waals surface area contributed by atoms with E-state index in [1.807, 2.05) is 6.92 Å². The number of carbonyl (C=O) groups is 1. The van der Waals surface area contributed by atoms with Crippen LogP contribution in [0.5, 0.6) is 5.75 Å². The molecule has 0 heterocycles. The van der Waals surface area contributed by atoms with Gasteiger partial charge in [0.15, 0.2) is 6.61 Å². The maximum Gasteiger partial charge on any atom is 0.258 e. The van der Waals surface area contributed by atoms with Crippen LogP contribution < -0.4 is 15.8 Å². The van der Waals surface area contributed by atoms with Crippen molar-refractivity contribution >= 4 is 27.5 Å². The van der Waals surface area contributed by atoms with E-state index in [0.29, 0.717) is 18.0 Å². The molecular weight excluding hydrogens is 300 g/mol. The maximum absolute atomic E-state index is 11.6. The van der Waals surface area contributed by atoms with Crippen LogP contribution in [0.25, 0.3) is 0 Å². The zero-order chi connectivity index (χ0) is 13.5. The molecule has 0 aromatic heterocycles. The van der Waals surface area contributed by atoms with Gasteiger partial charge >= 0.3 is 0 Å².